The zero-order chi connectivity index (χ0) is 23.7. The summed E-state index contributed by atoms with van der Waals surface area (Å²) in [4.78, 5) is 0. The van der Waals surface area contributed by atoms with E-state index in [9.17, 15) is 13.2 Å². The molecule has 5 rings (SSSR count). The Kier molecular flexibility index (Phi) is 6.25. The fraction of sp³-hybridized carbons (Fsp3) is 0.200. The number of halogens is 3. The van der Waals surface area contributed by atoms with Gasteiger partial charge in [0.2, 0.25) is 0 Å². The van der Waals surface area contributed by atoms with Gasteiger partial charge in [0.1, 0.15) is 11.9 Å². The molecule has 0 saturated carbocycles. The van der Waals surface area contributed by atoms with Crippen molar-refractivity contribution in [3.05, 3.63) is 119 Å². The average molecular weight is 459 g/mol. The van der Waals surface area contributed by atoms with Crippen LogP contribution in [0.5, 0.6) is 0 Å². The predicted octanol–water partition coefficient (Wildman–Crippen LogP) is 7.86. The van der Waals surface area contributed by atoms with Crippen LogP contribution in [0.3, 0.4) is 0 Å². The van der Waals surface area contributed by atoms with Gasteiger partial charge in [0.05, 0.1) is 6.61 Å². The molecule has 1 nitrogen and oxygen atoms in total. The van der Waals surface area contributed by atoms with Crippen LogP contribution in [0.4, 0.5) is 13.2 Å². The van der Waals surface area contributed by atoms with E-state index in [4.69, 9.17) is 4.74 Å². The van der Waals surface area contributed by atoms with Crippen molar-refractivity contribution in [3.8, 4) is 22.3 Å². The molecule has 0 N–H and O–H groups in total. The van der Waals surface area contributed by atoms with E-state index in [-0.39, 0.29) is 17.5 Å². The molecule has 0 aromatic heterocycles. The first-order chi connectivity index (χ1) is 16.5. The van der Waals surface area contributed by atoms with Gasteiger partial charge in [-0.15, -0.1) is 0 Å². The van der Waals surface area contributed by atoms with Crippen molar-refractivity contribution in [1.29, 1.82) is 0 Å². The average Bonchev–Trinajstić information content (AvgIpc) is 3.71. The Balaban J connectivity index is 1.28. The Bertz CT molecular complexity index is 1310. The number of hydrogen-bond donors (Lipinski definition) is 0. The second-order valence-electron chi connectivity index (χ2n) is 8.71. The summed E-state index contributed by atoms with van der Waals surface area (Å²) >= 11 is 0. The fourth-order valence-corrected chi connectivity index (χ4v) is 4.26. The number of benzene rings is 4. The number of hydrogen-bond acceptors (Lipinski definition) is 1. The van der Waals surface area contributed by atoms with Gasteiger partial charge in [0.15, 0.2) is 11.6 Å². The molecule has 0 aliphatic carbocycles. The van der Waals surface area contributed by atoms with E-state index in [2.05, 4.69) is 6.92 Å². The van der Waals surface area contributed by atoms with Gasteiger partial charge in [-0.05, 0) is 58.7 Å². The monoisotopic (exact) mass is 458 g/mol. The van der Waals surface area contributed by atoms with Crippen molar-refractivity contribution in [2.75, 3.05) is 6.61 Å². The molecule has 0 radical (unpaired) electrons. The molecule has 0 spiro atoms. The van der Waals surface area contributed by atoms with Crippen LogP contribution in [0.25, 0.3) is 22.3 Å². The molecule has 34 heavy (non-hydrogen) atoms. The maximum atomic E-state index is 14.8. The third kappa shape index (κ3) is 4.64. The molecule has 1 aliphatic heterocycles. The molecule has 4 heteroatoms. The first-order valence-corrected chi connectivity index (χ1v) is 11.6. The number of ether oxygens (including phenoxy) is 1. The Labute approximate surface area is 197 Å². The maximum Gasteiger partial charge on any atom is 0.166 e. The van der Waals surface area contributed by atoms with Gasteiger partial charge in [-0.25, -0.2) is 13.2 Å². The lowest BCUT2D eigenvalue weighted by Gasteiger charge is -2.10. The van der Waals surface area contributed by atoms with Crippen molar-refractivity contribution in [1.82, 2.24) is 0 Å². The Morgan fingerprint density at radius 1 is 0.706 bits per heavy atom. The van der Waals surface area contributed by atoms with Crippen LogP contribution in [0.2, 0.25) is 0 Å². The van der Waals surface area contributed by atoms with Crippen LogP contribution < -0.4 is 0 Å². The predicted molar refractivity (Wildman–Crippen MR) is 129 cm³/mol. The maximum absolute atomic E-state index is 14.8. The van der Waals surface area contributed by atoms with Gasteiger partial charge in [-0.3, -0.25) is 0 Å². The molecule has 172 valence electrons. The van der Waals surface area contributed by atoms with Gasteiger partial charge < -0.3 is 4.74 Å². The van der Waals surface area contributed by atoms with Crippen LogP contribution >= 0.6 is 0 Å². The first kappa shape index (κ1) is 22.4. The minimum Gasteiger partial charge on any atom is -0.368 e. The first-order valence-electron chi connectivity index (χ1n) is 11.6. The lowest BCUT2D eigenvalue weighted by atomic mass is 9.97. The molecular weight excluding hydrogens is 433 g/mol. The Hall–Kier alpha value is -3.37. The molecule has 1 saturated heterocycles. The minimum atomic E-state index is -0.812. The SMILES string of the molecule is CCc1ccc(-c2ccc(CCc3ccc(-c4ccc(C5CO5)cc4F)cc3)c(F)c2F)cc1. The Morgan fingerprint density at radius 3 is 1.94 bits per heavy atom. The molecule has 4 aromatic rings. The summed E-state index contributed by atoms with van der Waals surface area (Å²) in [6.07, 6.45) is 1.85. The summed E-state index contributed by atoms with van der Waals surface area (Å²) in [6, 6.07) is 23.6. The molecule has 1 atom stereocenters. The van der Waals surface area contributed by atoms with Gasteiger partial charge >= 0.3 is 0 Å². The normalized spacial score (nSPS) is 14.9. The number of aryl methyl sites for hydroxylation is 3. The summed E-state index contributed by atoms with van der Waals surface area (Å²) in [6.45, 7) is 2.70. The highest BCUT2D eigenvalue weighted by Gasteiger charge is 2.25. The lowest BCUT2D eigenvalue weighted by molar-refractivity contribution is 0.415. The molecule has 4 aromatic carbocycles. The zero-order valence-electron chi connectivity index (χ0n) is 19.0. The van der Waals surface area contributed by atoms with Crippen LogP contribution in [0.1, 0.15) is 35.3 Å². The van der Waals surface area contributed by atoms with E-state index in [0.29, 0.717) is 36.1 Å². The van der Waals surface area contributed by atoms with Crippen molar-refractivity contribution >= 4 is 0 Å². The third-order valence-corrected chi connectivity index (χ3v) is 6.48. The zero-order valence-corrected chi connectivity index (χ0v) is 19.0. The van der Waals surface area contributed by atoms with Gasteiger partial charge in [-0.2, -0.15) is 0 Å². The van der Waals surface area contributed by atoms with Crippen LogP contribution in [-0.2, 0) is 24.0 Å². The lowest BCUT2D eigenvalue weighted by Crippen LogP contribution is -2.00. The minimum absolute atomic E-state index is 0.0202. The molecule has 0 bridgehead atoms. The topological polar surface area (TPSA) is 12.5 Å². The highest BCUT2D eigenvalue weighted by Crippen LogP contribution is 2.33. The van der Waals surface area contributed by atoms with E-state index in [1.165, 1.54) is 6.07 Å². The van der Waals surface area contributed by atoms with Gasteiger partial charge in [-0.1, -0.05) is 79.7 Å². The molecular formula is C30H25F3O. The van der Waals surface area contributed by atoms with Crippen LogP contribution in [-0.4, -0.2) is 6.61 Å². The highest BCUT2D eigenvalue weighted by molar-refractivity contribution is 5.66. The van der Waals surface area contributed by atoms with E-state index in [1.54, 1.807) is 18.2 Å². The van der Waals surface area contributed by atoms with Crippen molar-refractivity contribution in [2.24, 2.45) is 0 Å². The summed E-state index contributed by atoms with van der Waals surface area (Å²) in [5.74, 6) is -1.88. The summed E-state index contributed by atoms with van der Waals surface area (Å²) in [7, 11) is 0. The summed E-state index contributed by atoms with van der Waals surface area (Å²) < 4.78 is 49.3. The highest BCUT2D eigenvalue weighted by atomic mass is 19.2. The van der Waals surface area contributed by atoms with Gasteiger partial charge in [0, 0.05) is 11.1 Å². The largest absolute Gasteiger partial charge is 0.368 e. The number of epoxide rings is 1. The standard InChI is InChI=1S/C30H25F3O/c1-2-19-3-8-22(9-4-19)26-16-13-23(29(32)30(26)33)12-7-20-5-10-21(11-6-20)25-15-14-24(17-27(25)31)28-18-34-28/h3-6,8-11,13-17,28H,2,7,12,18H2,1H3. The second kappa shape index (κ2) is 9.47. The third-order valence-electron chi connectivity index (χ3n) is 6.48. The number of rotatable bonds is 7. The van der Waals surface area contributed by atoms with E-state index in [1.807, 2.05) is 54.6 Å². The smallest absolute Gasteiger partial charge is 0.166 e. The van der Waals surface area contributed by atoms with E-state index in [0.717, 1.165) is 28.7 Å². The van der Waals surface area contributed by atoms with Crippen molar-refractivity contribution in [3.63, 3.8) is 0 Å². The van der Waals surface area contributed by atoms with E-state index >= 15 is 0 Å². The summed E-state index contributed by atoms with van der Waals surface area (Å²) in [5.41, 5.74) is 5.59. The van der Waals surface area contributed by atoms with E-state index < -0.39 is 11.6 Å². The second-order valence-corrected chi connectivity index (χ2v) is 8.71. The van der Waals surface area contributed by atoms with Crippen LogP contribution in [0, 0.1) is 17.5 Å². The van der Waals surface area contributed by atoms with Crippen molar-refractivity contribution < 1.29 is 17.9 Å². The quantitative estimate of drug-likeness (QED) is 0.257. The molecule has 0 amide bonds. The van der Waals surface area contributed by atoms with Crippen LogP contribution in [0.15, 0.2) is 78.9 Å². The van der Waals surface area contributed by atoms with Gasteiger partial charge in [0.25, 0.3) is 0 Å². The molecule has 1 aliphatic rings. The fourth-order valence-electron chi connectivity index (χ4n) is 4.26. The molecule has 1 unspecified atom stereocenters. The molecule has 1 heterocycles. The summed E-state index contributed by atoms with van der Waals surface area (Å²) in [5, 5.41) is 0. The molecule has 1 fully saturated rings. The van der Waals surface area contributed by atoms with Crippen molar-refractivity contribution in [2.45, 2.75) is 32.3 Å². The Morgan fingerprint density at radius 2 is 1.32 bits per heavy atom.